The molecule has 0 atom stereocenters. The highest BCUT2D eigenvalue weighted by Gasteiger charge is 2.09. The first-order valence-corrected chi connectivity index (χ1v) is 5.80. The molecule has 0 radical (unpaired) electrons. The van der Waals surface area contributed by atoms with Crippen LogP contribution in [0.15, 0.2) is 37.3 Å². The third-order valence-corrected chi connectivity index (χ3v) is 2.75. The van der Waals surface area contributed by atoms with Crippen LogP contribution >= 0.6 is 11.6 Å². The van der Waals surface area contributed by atoms with Crippen LogP contribution in [0.1, 0.15) is 20.3 Å². The zero-order valence-corrected chi connectivity index (χ0v) is 10.7. The molecule has 2 rings (SSSR count). The van der Waals surface area contributed by atoms with Crippen molar-refractivity contribution in [2.24, 2.45) is 5.10 Å². The summed E-state index contributed by atoms with van der Waals surface area (Å²) in [6.45, 7) is 3.61. The van der Waals surface area contributed by atoms with Crippen molar-refractivity contribution in [3.8, 4) is 0 Å². The third-order valence-electron chi connectivity index (χ3n) is 2.52. The maximum Gasteiger partial charge on any atom is 0.443 e. The predicted octanol–water partition coefficient (Wildman–Crippen LogP) is 2.24. The topological polar surface area (TPSA) is 64.6 Å². The summed E-state index contributed by atoms with van der Waals surface area (Å²) in [6, 6.07) is 4.49. The van der Waals surface area contributed by atoms with Gasteiger partial charge in [-0.15, -0.1) is 4.68 Å². The molecule has 0 aliphatic heterocycles. The van der Waals surface area contributed by atoms with E-state index in [-0.39, 0.29) is 11.0 Å². The Balaban J connectivity index is 2.84. The van der Waals surface area contributed by atoms with Crippen molar-refractivity contribution < 1.29 is 4.42 Å². The Labute approximate surface area is 107 Å². The Morgan fingerprint density at radius 1 is 1.44 bits per heavy atom. The van der Waals surface area contributed by atoms with Gasteiger partial charge >= 0.3 is 5.76 Å². The smallest absolute Gasteiger partial charge is 0.408 e. The van der Waals surface area contributed by atoms with Crippen molar-refractivity contribution in [3.63, 3.8) is 0 Å². The average molecular weight is 267 g/mol. The van der Waals surface area contributed by atoms with Crippen LogP contribution in [-0.2, 0) is 0 Å². The molecule has 2 aromatic rings. The molecule has 1 aromatic carbocycles. The molecule has 0 saturated carbocycles. The molecule has 5 nitrogen and oxygen atoms in total. The van der Waals surface area contributed by atoms with E-state index in [1.807, 2.05) is 6.92 Å². The fraction of sp³-hybridized carbons (Fsp3) is 0.250. The van der Waals surface area contributed by atoms with E-state index >= 15 is 0 Å². The lowest BCUT2D eigenvalue weighted by atomic mass is 10.2. The fourth-order valence-electron chi connectivity index (χ4n) is 1.42. The Morgan fingerprint density at radius 3 is 2.83 bits per heavy atom. The van der Waals surface area contributed by atoms with Crippen LogP contribution < -0.4 is 11.3 Å². The number of halogens is 1. The van der Waals surface area contributed by atoms with Gasteiger partial charge in [-0.25, -0.2) is 4.79 Å². The van der Waals surface area contributed by atoms with Crippen LogP contribution in [-0.4, -0.2) is 10.4 Å². The minimum atomic E-state index is -0.803. The molecular weight excluding hydrogens is 256 g/mol. The maximum absolute atomic E-state index is 12.1. The largest absolute Gasteiger partial charge is 0.443 e. The molecular formula is C12H11ClN2O3. The van der Waals surface area contributed by atoms with Gasteiger partial charge in [0.25, 0.3) is 5.56 Å². The van der Waals surface area contributed by atoms with E-state index in [1.165, 1.54) is 12.1 Å². The van der Waals surface area contributed by atoms with Crippen molar-refractivity contribution in [2.45, 2.75) is 20.3 Å². The van der Waals surface area contributed by atoms with Crippen molar-refractivity contribution >= 4 is 28.3 Å². The van der Waals surface area contributed by atoms with E-state index < -0.39 is 11.3 Å². The zero-order chi connectivity index (χ0) is 13.3. The molecule has 0 fully saturated rings. The van der Waals surface area contributed by atoms with Gasteiger partial charge in [-0.1, -0.05) is 18.5 Å². The number of aromatic nitrogens is 1. The molecule has 0 unspecified atom stereocenters. The van der Waals surface area contributed by atoms with E-state index in [0.717, 1.165) is 4.68 Å². The van der Waals surface area contributed by atoms with Crippen LogP contribution in [0.3, 0.4) is 0 Å². The van der Waals surface area contributed by atoms with Crippen molar-refractivity contribution in [1.29, 1.82) is 0 Å². The summed E-state index contributed by atoms with van der Waals surface area (Å²) in [5.41, 5.74) is 0.331. The van der Waals surface area contributed by atoms with Gasteiger partial charge in [-0.2, -0.15) is 5.10 Å². The average Bonchev–Trinajstić information content (AvgIpc) is 2.35. The summed E-state index contributed by atoms with van der Waals surface area (Å²) in [5, 5.41) is 4.56. The monoisotopic (exact) mass is 266 g/mol. The molecule has 0 aliphatic carbocycles. The van der Waals surface area contributed by atoms with Gasteiger partial charge in [-0.05, 0) is 31.5 Å². The highest BCUT2D eigenvalue weighted by molar-refractivity contribution is 6.31. The van der Waals surface area contributed by atoms with Gasteiger partial charge in [-0.3, -0.25) is 4.79 Å². The SMILES string of the molecule is CC/C(C)=N/n1c(=O)oc2ccc(Cl)cc2c1=O. The minimum absolute atomic E-state index is 0.204. The summed E-state index contributed by atoms with van der Waals surface area (Å²) in [6.07, 6.45) is 0.638. The summed E-state index contributed by atoms with van der Waals surface area (Å²) < 4.78 is 5.74. The molecule has 0 saturated heterocycles. The van der Waals surface area contributed by atoms with Crippen LogP contribution in [0, 0.1) is 0 Å². The van der Waals surface area contributed by atoms with E-state index in [2.05, 4.69) is 5.10 Å². The zero-order valence-electron chi connectivity index (χ0n) is 9.94. The summed E-state index contributed by atoms with van der Waals surface area (Å²) in [7, 11) is 0. The Kier molecular flexibility index (Phi) is 3.34. The number of fused-ring (bicyclic) bond motifs is 1. The Hall–Kier alpha value is -1.88. The lowest BCUT2D eigenvalue weighted by Gasteiger charge is -2.01. The first kappa shape index (κ1) is 12.6. The number of hydrogen-bond acceptors (Lipinski definition) is 4. The van der Waals surface area contributed by atoms with Crippen molar-refractivity contribution in [3.05, 3.63) is 44.1 Å². The molecule has 1 heterocycles. The van der Waals surface area contributed by atoms with E-state index in [9.17, 15) is 9.59 Å². The summed E-state index contributed by atoms with van der Waals surface area (Å²) >= 11 is 5.81. The first-order valence-electron chi connectivity index (χ1n) is 5.42. The highest BCUT2D eigenvalue weighted by Crippen LogP contribution is 2.14. The van der Waals surface area contributed by atoms with E-state index in [1.54, 1.807) is 13.0 Å². The van der Waals surface area contributed by atoms with Crippen LogP contribution in [0.2, 0.25) is 5.02 Å². The third kappa shape index (κ3) is 2.22. The Morgan fingerprint density at radius 2 is 2.17 bits per heavy atom. The van der Waals surface area contributed by atoms with Gasteiger partial charge in [0.1, 0.15) is 5.58 Å². The number of benzene rings is 1. The van der Waals surface area contributed by atoms with E-state index in [0.29, 0.717) is 17.2 Å². The quantitative estimate of drug-likeness (QED) is 0.783. The number of hydrogen-bond donors (Lipinski definition) is 0. The molecule has 0 aliphatic rings. The second kappa shape index (κ2) is 4.78. The molecule has 0 spiro atoms. The molecule has 1 aromatic heterocycles. The van der Waals surface area contributed by atoms with Crippen LogP contribution in [0.5, 0.6) is 0 Å². The van der Waals surface area contributed by atoms with Crippen molar-refractivity contribution in [1.82, 2.24) is 4.68 Å². The summed E-state index contributed by atoms with van der Waals surface area (Å²) in [5.74, 6) is -0.803. The number of rotatable bonds is 2. The maximum atomic E-state index is 12.1. The van der Waals surface area contributed by atoms with Gasteiger partial charge in [0, 0.05) is 10.7 Å². The molecule has 0 N–H and O–H groups in total. The molecule has 0 bridgehead atoms. The van der Waals surface area contributed by atoms with Gasteiger partial charge < -0.3 is 4.42 Å². The highest BCUT2D eigenvalue weighted by atomic mass is 35.5. The van der Waals surface area contributed by atoms with Crippen LogP contribution in [0.4, 0.5) is 0 Å². The molecule has 18 heavy (non-hydrogen) atoms. The van der Waals surface area contributed by atoms with Gasteiger partial charge in [0.2, 0.25) is 0 Å². The second-order valence-corrected chi connectivity index (χ2v) is 4.25. The fourth-order valence-corrected chi connectivity index (χ4v) is 1.59. The van der Waals surface area contributed by atoms with Crippen molar-refractivity contribution in [2.75, 3.05) is 0 Å². The molecule has 0 amide bonds. The van der Waals surface area contributed by atoms with Gasteiger partial charge in [0.15, 0.2) is 0 Å². The lowest BCUT2D eigenvalue weighted by Crippen LogP contribution is -2.30. The summed E-state index contributed by atoms with van der Waals surface area (Å²) in [4.78, 5) is 23.7. The molecule has 94 valence electrons. The second-order valence-electron chi connectivity index (χ2n) is 3.81. The van der Waals surface area contributed by atoms with Gasteiger partial charge in [0.05, 0.1) is 5.39 Å². The Bertz CT molecular complexity index is 743. The first-order chi connectivity index (χ1) is 8.52. The predicted molar refractivity (Wildman–Crippen MR) is 70.6 cm³/mol. The minimum Gasteiger partial charge on any atom is -0.408 e. The number of nitrogens with zero attached hydrogens (tertiary/aromatic N) is 2. The molecule has 6 heteroatoms. The van der Waals surface area contributed by atoms with Crippen LogP contribution in [0.25, 0.3) is 11.0 Å². The lowest BCUT2D eigenvalue weighted by molar-refractivity contribution is 0.480. The standard InChI is InChI=1S/C12H11ClN2O3/c1-3-7(2)14-15-11(16)9-6-8(13)4-5-10(9)18-12(15)17/h4-6H,3H2,1-2H3/b14-7+. The van der Waals surface area contributed by atoms with E-state index in [4.69, 9.17) is 16.0 Å². The normalized spacial score (nSPS) is 12.1.